The first-order valence-electron chi connectivity index (χ1n) is 4.84. The molecule has 0 bridgehead atoms. The molecule has 0 spiro atoms. The van der Waals surface area contributed by atoms with Crippen molar-refractivity contribution >= 4 is 12.1 Å². The molecule has 1 heterocycles. The number of hydrogen-bond acceptors (Lipinski definition) is 2. The number of amides is 1. The Labute approximate surface area is 88.6 Å². The van der Waals surface area contributed by atoms with E-state index in [9.17, 15) is 4.79 Å². The molecule has 76 valence electrons. The fraction of sp³-hybridized carbons (Fsp3) is 0.167. The number of likely N-dealkylation sites (N-methyl/N-ethyl adjacent to an activating group) is 1. The van der Waals surface area contributed by atoms with Gasteiger partial charge in [-0.1, -0.05) is 18.2 Å². The number of rotatable bonds is 1. The van der Waals surface area contributed by atoms with E-state index in [4.69, 9.17) is 0 Å². The van der Waals surface area contributed by atoms with Gasteiger partial charge >= 0.3 is 0 Å². The standard InChI is InChI=1S/C12H12N2O/c1-13-12(15)10-5-6-11-9(8-10)4-2-3-7-14-11/h2-7H,8H2,1H3,(H,13,15). The SMILES string of the molecule is CNC(=O)C1=CC=C2N=CC=CC=C2C1. The molecule has 0 unspecified atom stereocenters. The number of carbonyl (C=O) groups is 1. The van der Waals surface area contributed by atoms with E-state index in [1.165, 1.54) is 0 Å². The maximum absolute atomic E-state index is 11.4. The second-order valence-electron chi connectivity index (χ2n) is 3.35. The number of nitrogens with one attached hydrogen (secondary N) is 1. The van der Waals surface area contributed by atoms with Gasteiger partial charge in [0.15, 0.2) is 0 Å². The minimum Gasteiger partial charge on any atom is -0.355 e. The molecule has 0 saturated heterocycles. The summed E-state index contributed by atoms with van der Waals surface area (Å²) >= 11 is 0. The van der Waals surface area contributed by atoms with E-state index in [0.29, 0.717) is 6.42 Å². The average Bonchev–Trinajstić information content (AvgIpc) is 2.51. The molecule has 0 radical (unpaired) electrons. The van der Waals surface area contributed by atoms with Crippen LogP contribution in [0.5, 0.6) is 0 Å². The second kappa shape index (κ2) is 4.09. The summed E-state index contributed by atoms with van der Waals surface area (Å²) in [5, 5.41) is 2.63. The normalized spacial score (nSPS) is 18.3. The highest BCUT2D eigenvalue weighted by molar-refractivity contribution is 5.94. The summed E-state index contributed by atoms with van der Waals surface area (Å²) < 4.78 is 0. The Hall–Kier alpha value is -1.90. The summed E-state index contributed by atoms with van der Waals surface area (Å²) in [4.78, 5) is 15.7. The van der Waals surface area contributed by atoms with Crippen LogP contribution in [-0.2, 0) is 4.79 Å². The van der Waals surface area contributed by atoms with Crippen LogP contribution in [-0.4, -0.2) is 19.2 Å². The molecule has 0 aromatic heterocycles. The number of hydrogen-bond donors (Lipinski definition) is 1. The molecule has 1 aliphatic heterocycles. The van der Waals surface area contributed by atoms with Crippen molar-refractivity contribution in [2.45, 2.75) is 6.42 Å². The molecule has 2 rings (SSSR count). The Morgan fingerprint density at radius 2 is 2.20 bits per heavy atom. The fourth-order valence-corrected chi connectivity index (χ4v) is 1.57. The molecule has 3 nitrogen and oxygen atoms in total. The van der Waals surface area contributed by atoms with E-state index in [1.54, 1.807) is 13.3 Å². The largest absolute Gasteiger partial charge is 0.355 e. The molecule has 1 aliphatic carbocycles. The monoisotopic (exact) mass is 200 g/mol. The van der Waals surface area contributed by atoms with Crippen molar-refractivity contribution in [2.75, 3.05) is 7.05 Å². The topological polar surface area (TPSA) is 41.5 Å². The van der Waals surface area contributed by atoms with Gasteiger partial charge in [0.05, 0.1) is 5.70 Å². The van der Waals surface area contributed by atoms with Crippen molar-refractivity contribution in [3.05, 3.63) is 47.2 Å². The Morgan fingerprint density at radius 1 is 1.33 bits per heavy atom. The highest BCUT2D eigenvalue weighted by atomic mass is 16.1. The number of carbonyl (C=O) groups excluding carboxylic acids is 1. The van der Waals surface area contributed by atoms with Gasteiger partial charge in [-0.15, -0.1) is 0 Å². The first kappa shape index (κ1) is 9.65. The minimum atomic E-state index is -0.0246. The zero-order chi connectivity index (χ0) is 10.7. The van der Waals surface area contributed by atoms with Crippen LogP contribution in [0.3, 0.4) is 0 Å². The Balaban J connectivity index is 2.32. The van der Waals surface area contributed by atoms with Crippen LogP contribution in [0.15, 0.2) is 52.2 Å². The molecule has 0 aromatic rings. The van der Waals surface area contributed by atoms with Gasteiger partial charge < -0.3 is 5.32 Å². The van der Waals surface area contributed by atoms with Crippen molar-refractivity contribution in [1.29, 1.82) is 0 Å². The molecular formula is C12H12N2O. The summed E-state index contributed by atoms with van der Waals surface area (Å²) in [6, 6.07) is 0. The lowest BCUT2D eigenvalue weighted by molar-refractivity contribution is -0.117. The number of fused-ring (bicyclic) bond motifs is 1. The van der Waals surface area contributed by atoms with Gasteiger partial charge in [-0.3, -0.25) is 9.79 Å². The molecule has 3 heteroatoms. The van der Waals surface area contributed by atoms with Crippen LogP contribution in [0.2, 0.25) is 0 Å². The van der Waals surface area contributed by atoms with Crippen LogP contribution in [0, 0.1) is 0 Å². The number of allylic oxidation sites excluding steroid dienone is 6. The Morgan fingerprint density at radius 3 is 3.00 bits per heavy atom. The summed E-state index contributed by atoms with van der Waals surface area (Å²) in [7, 11) is 1.64. The lowest BCUT2D eigenvalue weighted by Gasteiger charge is -2.13. The molecule has 1 N–H and O–H groups in total. The van der Waals surface area contributed by atoms with Crippen LogP contribution >= 0.6 is 0 Å². The predicted molar refractivity (Wildman–Crippen MR) is 60.6 cm³/mol. The van der Waals surface area contributed by atoms with E-state index >= 15 is 0 Å². The highest BCUT2D eigenvalue weighted by Gasteiger charge is 2.15. The van der Waals surface area contributed by atoms with Crippen LogP contribution in [0.4, 0.5) is 0 Å². The third kappa shape index (κ3) is 1.96. The maximum atomic E-state index is 11.4. The van der Waals surface area contributed by atoms with Gasteiger partial charge in [0.1, 0.15) is 0 Å². The van der Waals surface area contributed by atoms with E-state index < -0.39 is 0 Å². The van der Waals surface area contributed by atoms with Crippen molar-refractivity contribution in [3.8, 4) is 0 Å². The summed E-state index contributed by atoms with van der Waals surface area (Å²) in [6.45, 7) is 0. The highest BCUT2D eigenvalue weighted by Crippen LogP contribution is 2.26. The molecule has 1 amide bonds. The smallest absolute Gasteiger partial charge is 0.247 e. The molecular weight excluding hydrogens is 188 g/mol. The van der Waals surface area contributed by atoms with Crippen LogP contribution in [0.1, 0.15) is 6.42 Å². The van der Waals surface area contributed by atoms with Crippen molar-refractivity contribution in [3.63, 3.8) is 0 Å². The average molecular weight is 200 g/mol. The van der Waals surface area contributed by atoms with Gasteiger partial charge in [-0.2, -0.15) is 0 Å². The van der Waals surface area contributed by atoms with Gasteiger partial charge in [-0.05, 0) is 17.7 Å². The number of aliphatic imine (C=N–C) groups is 1. The van der Waals surface area contributed by atoms with E-state index in [-0.39, 0.29) is 5.91 Å². The molecule has 0 fully saturated rings. The molecule has 0 aromatic carbocycles. The van der Waals surface area contributed by atoms with Gasteiger partial charge in [0, 0.05) is 25.3 Å². The maximum Gasteiger partial charge on any atom is 0.247 e. The van der Waals surface area contributed by atoms with Crippen LogP contribution < -0.4 is 5.32 Å². The third-order valence-corrected chi connectivity index (χ3v) is 2.38. The first-order chi connectivity index (χ1) is 7.31. The Bertz CT molecular complexity index is 437. The second-order valence-corrected chi connectivity index (χ2v) is 3.35. The number of nitrogens with zero attached hydrogens (tertiary/aromatic N) is 1. The minimum absolute atomic E-state index is 0.0246. The molecule has 15 heavy (non-hydrogen) atoms. The van der Waals surface area contributed by atoms with E-state index in [0.717, 1.165) is 16.8 Å². The van der Waals surface area contributed by atoms with E-state index in [1.807, 2.05) is 30.4 Å². The van der Waals surface area contributed by atoms with Crippen molar-refractivity contribution < 1.29 is 4.79 Å². The zero-order valence-electron chi connectivity index (χ0n) is 8.53. The van der Waals surface area contributed by atoms with Crippen LogP contribution in [0.25, 0.3) is 0 Å². The Kier molecular flexibility index (Phi) is 2.63. The predicted octanol–water partition coefficient (Wildman–Crippen LogP) is 1.51. The van der Waals surface area contributed by atoms with Gasteiger partial charge in [0.25, 0.3) is 0 Å². The van der Waals surface area contributed by atoms with Gasteiger partial charge in [0.2, 0.25) is 5.91 Å². The lowest BCUT2D eigenvalue weighted by Crippen LogP contribution is -2.21. The zero-order valence-corrected chi connectivity index (χ0v) is 8.53. The molecule has 0 saturated carbocycles. The lowest BCUT2D eigenvalue weighted by atomic mass is 9.96. The quantitative estimate of drug-likeness (QED) is 0.685. The molecule has 0 atom stereocenters. The first-order valence-corrected chi connectivity index (χ1v) is 4.84. The van der Waals surface area contributed by atoms with Crippen molar-refractivity contribution in [2.24, 2.45) is 4.99 Å². The van der Waals surface area contributed by atoms with Gasteiger partial charge in [-0.25, -0.2) is 0 Å². The van der Waals surface area contributed by atoms with E-state index in [2.05, 4.69) is 10.3 Å². The fourth-order valence-electron chi connectivity index (χ4n) is 1.57. The summed E-state index contributed by atoms with van der Waals surface area (Å²) in [6.07, 6.45) is 11.9. The summed E-state index contributed by atoms with van der Waals surface area (Å²) in [5.41, 5.74) is 2.80. The van der Waals surface area contributed by atoms with Crippen molar-refractivity contribution in [1.82, 2.24) is 5.32 Å². The molecule has 2 aliphatic rings. The summed E-state index contributed by atoms with van der Waals surface area (Å²) in [5.74, 6) is -0.0246. The third-order valence-electron chi connectivity index (χ3n) is 2.38.